The molecule has 6 nitrogen and oxygen atoms in total. The van der Waals surface area contributed by atoms with Gasteiger partial charge in [-0.15, -0.1) is 0 Å². The van der Waals surface area contributed by atoms with Crippen LogP contribution < -0.4 is 10.0 Å². The highest BCUT2D eigenvalue weighted by Gasteiger charge is 2.15. The monoisotopic (exact) mass is 335 g/mol. The third-order valence-corrected chi connectivity index (χ3v) is 4.80. The van der Waals surface area contributed by atoms with Crippen molar-refractivity contribution in [3.63, 3.8) is 0 Å². The number of nitrogens with one attached hydrogen (secondary N) is 2. The Labute approximate surface area is 137 Å². The highest BCUT2D eigenvalue weighted by molar-refractivity contribution is 7.92. The second-order valence-electron chi connectivity index (χ2n) is 5.20. The maximum Gasteiger partial charge on any atom is 0.261 e. The molecule has 0 spiro atoms. The molecule has 0 aliphatic heterocycles. The maximum absolute atomic E-state index is 12.4. The lowest BCUT2D eigenvalue weighted by molar-refractivity contribution is 0.210. The fourth-order valence-corrected chi connectivity index (χ4v) is 3.06. The first-order valence-corrected chi connectivity index (χ1v) is 8.69. The Hall–Kier alpha value is -2.12. The number of sulfonamides is 1. The normalized spacial score (nSPS) is 11.3. The highest BCUT2D eigenvalue weighted by atomic mass is 32.2. The summed E-state index contributed by atoms with van der Waals surface area (Å²) in [5.41, 5.74) is 2.40. The van der Waals surface area contributed by atoms with Crippen LogP contribution in [0.15, 0.2) is 41.4 Å². The van der Waals surface area contributed by atoms with Crippen molar-refractivity contribution in [2.75, 3.05) is 30.3 Å². The summed E-state index contributed by atoms with van der Waals surface area (Å²) in [5, 5.41) is 3.07. The molecule has 1 aromatic heterocycles. The Kier molecular flexibility index (Phi) is 5.57. The first-order valence-electron chi connectivity index (χ1n) is 7.21. The van der Waals surface area contributed by atoms with Gasteiger partial charge in [0.2, 0.25) is 0 Å². The van der Waals surface area contributed by atoms with E-state index < -0.39 is 10.0 Å². The molecule has 0 saturated heterocycles. The van der Waals surface area contributed by atoms with Gasteiger partial charge in [0.25, 0.3) is 10.0 Å². The molecule has 2 N–H and O–H groups in total. The lowest BCUT2D eigenvalue weighted by atomic mass is 10.1. The molecule has 0 atom stereocenters. The molecule has 2 aromatic rings. The lowest BCUT2D eigenvalue weighted by Crippen LogP contribution is -2.14. The quantitative estimate of drug-likeness (QED) is 0.760. The third-order valence-electron chi connectivity index (χ3n) is 3.42. The van der Waals surface area contributed by atoms with Gasteiger partial charge in [-0.25, -0.2) is 13.4 Å². The van der Waals surface area contributed by atoms with Gasteiger partial charge >= 0.3 is 0 Å². The molecule has 0 unspecified atom stereocenters. The van der Waals surface area contributed by atoms with Crippen molar-refractivity contribution < 1.29 is 13.2 Å². The Bertz CT molecular complexity index is 759. The van der Waals surface area contributed by atoms with E-state index in [9.17, 15) is 8.42 Å². The Morgan fingerprint density at radius 2 is 1.91 bits per heavy atom. The van der Waals surface area contributed by atoms with Gasteiger partial charge < -0.3 is 10.1 Å². The highest BCUT2D eigenvalue weighted by Crippen LogP contribution is 2.19. The SMILES string of the molecule is COCCNc1ccc(NS(=O)(=O)c2ccc(C)c(C)c2)cn1. The smallest absolute Gasteiger partial charge is 0.261 e. The number of methoxy groups -OCH3 is 1. The number of rotatable bonds is 7. The minimum absolute atomic E-state index is 0.239. The standard InChI is InChI=1S/C16H21N3O3S/c1-12-4-6-15(10-13(12)2)23(20,21)19-14-5-7-16(18-11-14)17-8-9-22-3/h4-7,10-11,19H,8-9H2,1-3H3,(H,17,18). The second-order valence-corrected chi connectivity index (χ2v) is 6.89. The number of anilines is 2. The van der Waals surface area contributed by atoms with Crippen LogP contribution in [0, 0.1) is 13.8 Å². The zero-order valence-corrected chi connectivity index (χ0v) is 14.3. The summed E-state index contributed by atoms with van der Waals surface area (Å²) in [6.07, 6.45) is 1.48. The van der Waals surface area contributed by atoms with Gasteiger partial charge in [0, 0.05) is 13.7 Å². The molecule has 2 rings (SSSR count). The molecule has 0 amide bonds. The summed E-state index contributed by atoms with van der Waals surface area (Å²) in [4.78, 5) is 4.41. The average molecular weight is 335 g/mol. The van der Waals surface area contributed by atoms with Gasteiger partial charge in [-0.05, 0) is 49.2 Å². The zero-order valence-electron chi connectivity index (χ0n) is 13.5. The molecule has 1 heterocycles. The van der Waals surface area contributed by atoms with Crippen LogP contribution in [-0.4, -0.2) is 33.7 Å². The molecule has 0 aliphatic carbocycles. The number of hydrogen-bond acceptors (Lipinski definition) is 5. The van der Waals surface area contributed by atoms with Crippen molar-refractivity contribution in [1.29, 1.82) is 0 Å². The fourth-order valence-electron chi connectivity index (χ4n) is 1.94. The van der Waals surface area contributed by atoms with Gasteiger partial charge in [0.1, 0.15) is 5.82 Å². The molecular formula is C16H21N3O3S. The number of ether oxygens (including phenoxy) is 1. The maximum atomic E-state index is 12.4. The summed E-state index contributed by atoms with van der Waals surface area (Å²) in [7, 11) is -1.99. The van der Waals surface area contributed by atoms with Gasteiger partial charge in [-0.3, -0.25) is 4.72 Å². The van der Waals surface area contributed by atoms with E-state index in [0.717, 1.165) is 11.1 Å². The predicted octanol–water partition coefficient (Wildman–Crippen LogP) is 2.56. The first kappa shape index (κ1) is 17.2. The Morgan fingerprint density at radius 1 is 1.13 bits per heavy atom. The number of pyridine rings is 1. The van der Waals surface area contributed by atoms with Gasteiger partial charge in [-0.1, -0.05) is 6.07 Å². The molecule has 1 aromatic carbocycles. The largest absolute Gasteiger partial charge is 0.383 e. The van der Waals surface area contributed by atoms with Crippen LogP contribution in [0.25, 0.3) is 0 Å². The summed E-state index contributed by atoms with van der Waals surface area (Å²) >= 11 is 0. The van der Waals surface area contributed by atoms with Crippen LogP contribution in [0.1, 0.15) is 11.1 Å². The summed E-state index contributed by atoms with van der Waals surface area (Å²) in [5.74, 6) is 0.663. The predicted molar refractivity (Wildman–Crippen MR) is 91.3 cm³/mol. The van der Waals surface area contributed by atoms with E-state index in [0.29, 0.717) is 24.7 Å². The molecule has 124 valence electrons. The van der Waals surface area contributed by atoms with Gasteiger partial charge in [-0.2, -0.15) is 0 Å². The number of hydrogen-bond donors (Lipinski definition) is 2. The van der Waals surface area contributed by atoms with Gasteiger partial charge in [0.05, 0.1) is 23.4 Å². The second kappa shape index (κ2) is 7.43. The number of benzene rings is 1. The summed E-state index contributed by atoms with van der Waals surface area (Å²) < 4.78 is 32.3. The summed E-state index contributed by atoms with van der Waals surface area (Å²) in [6.45, 7) is 5.04. The molecule has 0 bridgehead atoms. The molecule has 0 aliphatic rings. The Morgan fingerprint density at radius 3 is 2.52 bits per heavy atom. The molecule has 0 fully saturated rings. The van der Waals surface area contributed by atoms with Crippen molar-refractivity contribution >= 4 is 21.5 Å². The third kappa shape index (κ3) is 4.67. The molecule has 0 saturated carbocycles. The van der Waals surface area contributed by atoms with Crippen LogP contribution in [0.4, 0.5) is 11.5 Å². The van der Waals surface area contributed by atoms with E-state index in [4.69, 9.17) is 4.74 Å². The molecule has 7 heteroatoms. The average Bonchev–Trinajstić information content (AvgIpc) is 2.51. The van der Waals surface area contributed by atoms with Crippen molar-refractivity contribution in [3.8, 4) is 0 Å². The van der Waals surface area contributed by atoms with Crippen molar-refractivity contribution in [2.24, 2.45) is 0 Å². The lowest BCUT2D eigenvalue weighted by Gasteiger charge is -2.10. The van der Waals surface area contributed by atoms with E-state index >= 15 is 0 Å². The van der Waals surface area contributed by atoms with Crippen LogP contribution in [0.3, 0.4) is 0 Å². The van der Waals surface area contributed by atoms with Crippen LogP contribution >= 0.6 is 0 Å². The zero-order chi connectivity index (χ0) is 16.9. The van der Waals surface area contributed by atoms with E-state index in [1.807, 2.05) is 13.8 Å². The van der Waals surface area contributed by atoms with E-state index in [-0.39, 0.29) is 4.90 Å². The van der Waals surface area contributed by atoms with Crippen molar-refractivity contribution in [2.45, 2.75) is 18.7 Å². The van der Waals surface area contributed by atoms with E-state index in [2.05, 4.69) is 15.0 Å². The van der Waals surface area contributed by atoms with Crippen molar-refractivity contribution in [3.05, 3.63) is 47.7 Å². The number of aromatic nitrogens is 1. The minimum Gasteiger partial charge on any atom is -0.383 e. The van der Waals surface area contributed by atoms with Crippen LogP contribution in [-0.2, 0) is 14.8 Å². The number of nitrogens with zero attached hydrogens (tertiary/aromatic N) is 1. The molecular weight excluding hydrogens is 314 g/mol. The van der Waals surface area contributed by atoms with E-state index in [1.54, 1.807) is 37.4 Å². The van der Waals surface area contributed by atoms with Crippen LogP contribution in [0.2, 0.25) is 0 Å². The van der Waals surface area contributed by atoms with Crippen molar-refractivity contribution in [1.82, 2.24) is 4.98 Å². The summed E-state index contributed by atoms with van der Waals surface area (Å²) in [6, 6.07) is 8.43. The minimum atomic E-state index is -3.62. The molecule has 23 heavy (non-hydrogen) atoms. The Balaban J connectivity index is 2.09. The van der Waals surface area contributed by atoms with Crippen LogP contribution in [0.5, 0.6) is 0 Å². The number of aryl methyl sites for hydroxylation is 2. The first-order chi connectivity index (χ1) is 10.9. The topological polar surface area (TPSA) is 80.3 Å². The van der Waals surface area contributed by atoms with E-state index in [1.165, 1.54) is 6.20 Å². The fraction of sp³-hybridized carbons (Fsp3) is 0.312. The van der Waals surface area contributed by atoms with Gasteiger partial charge in [0.15, 0.2) is 0 Å². The molecule has 0 radical (unpaired) electrons.